The molecule has 14 heavy (non-hydrogen) atoms. The van der Waals surface area contributed by atoms with Crippen molar-refractivity contribution in [3.8, 4) is 0 Å². The second kappa shape index (κ2) is 8.04. The fourth-order valence-electron chi connectivity index (χ4n) is 0.867. The van der Waals surface area contributed by atoms with Crippen molar-refractivity contribution in [2.75, 3.05) is 7.11 Å². The molecule has 0 saturated heterocycles. The average Bonchev–Trinajstić information content (AvgIpc) is 2.18. The van der Waals surface area contributed by atoms with Crippen molar-refractivity contribution in [3.63, 3.8) is 0 Å². The highest BCUT2D eigenvalue weighted by Crippen LogP contribution is 2.04. The van der Waals surface area contributed by atoms with Crippen LogP contribution in [-0.4, -0.2) is 25.5 Å². The molecular weight excluding hydrogens is 182 g/mol. The number of carbonyl (C=O) groups excluding carboxylic acids is 1. The van der Waals surface area contributed by atoms with Crippen molar-refractivity contribution in [1.82, 2.24) is 0 Å². The van der Waals surface area contributed by atoms with Gasteiger partial charge < -0.3 is 4.74 Å². The lowest BCUT2D eigenvalue weighted by Gasteiger charge is -2.13. The number of rotatable bonds is 6. The van der Waals surface area contributed by atoms with E-state index in [1.165, 1.54) is 13.2 Å². The van der Waals surface area contributed by atoms with Crippen LogP contribution in [0.1, 0.15) is 6.92 Å². The zero-order chi connectivity index (χ0) is 10.8. The molecule has 76 valence electrons. The summed E-state index contributed by atoms with van der Waals surface area (Å²) in [5, 5.41) is 3.51. The van der Waals surface area contributed by atoms with Gasteiger partial charge in [-0.25, -0.2) is 0 Å². The van der Waals surface area contributed by atoms with E-state index in [4.69, 9.17) is 10.3 Å². The number of azide groups is 1. The summed E-state index contributed by atoms with van der Waals surface area (Å²) in [4.78, 5) is 12.6. The Kier molecular flexibility index (Phi) is 7.13. The first-order valence-corrected chi connectivity index (χ1v) is 4.12. The van der Waals surface area contributed by atoms with E-state index in [2.05, 4.69) is 10.0 Å². The SMILES string of the molecule is CO[C@@H](/C=C/C=C/C=O)[C@@H](C)N=[N+]=[N-]. The molecule has 0 amide bonds. The fourth-order valence-corrected chi connectivity index (χ4v) is 0.867. The van der Waals surface area contributed by atoms with E-state index in [9.17, 15) is 4.79 Å². The van der Waals surface area contributed by atoms with Crippen LogP contribution in [0.5, 0.6) is 0 Å². The molecule has 0 aromatic heterocycles. The summed E-state index contributed by atoms with van der Waals surface area (Å²) in [5.74, 6) is 0. The average molecular weight is 195 g/mol. The fraction of sp³-hybridized carbons (Fsp3) is 0.444. The van der Waals surface area contributed by atoms with E-state index in [1.807, 2.05) is 0 Å². The number of methoxy groups -OCH3 is 1. The molecule has 0 bridgehead atoms. The summed E-state index contributed by atoms with van der Waals surface area (Å²) in [7, 11) is 1.53. The normalized spacial score (nSPS) is 15.3. The lowest BCUT2D eigenvalue weighted by molar-refractivity contribution is -0.104. The van der Waals surface area contributed by atoms with Crippen LogP contribution in [0.4, 0.5) is 0 Å². The van der Waals surface area contributed by atoms with Gasteiger partial charge in [-0.05, 0) is 11.6 Å². The van der Waals surface area contributed by atoms with E-state index in [0.29, 0.717) is 6.29 Å². The van der Waals surface area contributed by atoms with Gasteiger partial charge >= 0.3 is 0 Å². The summed E-state index contributed by atoms with van der Waals surface area (Å²) in [6, 6.07) is -0.272. The molecule has 5 heteroatoms. The van der Waals surface area contributed by atoms with Crippen LogP contribution in [0.15, 0.2) is 29.4 Å². The summed E-state index contributed by atoms with van der Waals surface area (Å²) in [5.41, 5.74) is 8.21. The molecule has 0 radical (unpaired) electrons. The van der Waals surface area contributed by atoms with Crippen LogP contribution in [-0.2, 0) is 9.53 Å². The van der Waals surface area contributed by atoms with E-state index in [1.54, 1.807) is 25.2 Å². The van der Waals surface area contributed by atoms with Gasteiger partial charge in [0, 0.05) is 12.0 Å². The zero-order valence-electron chi connectivity index (χ0n) is 8.20. The van der Waals surface area contributed by atoms with Gasteiger partial charge in [-0.3, -0.25) is 4.79 Å². The van der Waals surface area contributed by atoms with Crippen LogP contribution in [0, 0.1) is 0 Å². The van der Waals surface area contributed by atoms with Gasteiger partial charge in [0.1, 0.15) is 6.29 Å². The van der Waals surface area contributed by atoms with Crippen LogP contribution >= 0.6 is 0 Å². The molecule has 0 fully saturated rings. The third-order valence-electron chi connectivity index (χ3n) is 1.58. The Balaban J connectivity index is 4.26. The summed E-state index contributed by atoms with van der Waals surface area (Å²) in [6.45, 7) is 1.75. The van der Waals surface area contributed by atoms with Gasteiger partial charge in [0.2, 0.25) is 0 Å². The molecule has 0 aliphatic rings. The van der Waals surface area contributed by atoms with Crippen LogP contribution < -0.4 is 0 Å². The Morgan fingerprint density at radius 2 is 2.14 bits per heavy atom. The number of aldehydes is 1. The second-order valence-electron chi connectivity index (χ2n) is 2.55. The van der Waals surface area contributed by atoms with E-state index in [0.717, 1.165) is 0 Å². The molecule has 0 aromatic carbocycles. The molecule has 0 aliphatic heterocycles. The predicted octanol–water partition coefficient (Wildman–Crippen LogP) is 2.01. The maximum Gasteiger partial charge on any atom is 0.142 e. The Hall–Kier alpha value is -1.58. The minimum absolute atomic E-state index is 0.272. The van der Waals surface area contributed by atoms with Crippen molar-refractivity contribution >= 4 is 6.29 Å². The molecule has 0 unspecified atom stereocenters. The van der Waals surface area contributed by atoms with Crippen LogP contribution in [0.25, 0.3) is 10.4 Å². The Morgan fingerprint density at radius 3 is 2.64 bits per heavy atom. The van der Waals surface area contributed by atoms with Crippen LogP contribution in [0.3, 0.4) is 0 Å². The number of carbonyl (C=O) groups is 1. The minimum atomic E-state index is -0.276. The van der Waals surface area contributed by atoms with Crippen molar-refractivity contribution in [2.45, 2.75) is 19.1 Å². The largest absolute Gasteiger partial charge is 0.377 e. The van der Waals surface area contributed by atoms with Gasteiger partial charge in [-0.15, -0.1) is 0 Å². The number of hydrogen-bond acceptors (Lipinski definition) is 3. The van der Waals surface area contributed by atoms with Crippen molar-refractivity contribution in [2.24, 2.45) is 5.11 Å². The third-order valence-corrected chi connectivity index (χ3v) is 1.58. The molecular formula is C9H13N3O2. The standard InChI is InChI=1S/C9H13N3O2/c1-8(11-12-10)9(14-2)6-4-3-5-7-13/h3-9H,1-2H3/b5-3+,6-4+/t8-,9+/m1/s1. The molecule has 0 aromatic rings. The third kappa shape index (κ3) is 5.13. The monoisotopic (exact) mass is 195 g/mol. The Bertz CT molecular complexity index is 267. The molecule has 0 rings (SSSR count). The first-order chi connectivity index (χ1) is 6.76. The van der Waals surface area contributed by atoms with Gasteiger partial charge in [0.25, 0.3) is 0 Å². The first-order valence-electron chi connectivity index (χ1n) is 4.12. The molecule has 0 N–H and O–H groups in total. The van der Waals surface area contributed by atoms with E-state index in [-0.39, 0.29) is 12.1 Å². The highest BCUT2D eigenvalue weighted by atomic mass is 16.5. The topological polar surface area (TPSA) is 75.1 Å². The summed E-state index contributed by atoms with van der Waals surface area (Å²) < 4.78 is 5.07. The summed E-state index contributed by atoms with van der Waals surface area (Å²) in [6.07, 6.45) is 6.75. The second-order valence-corrected chi connectivity index (χ2v) is 2.55. The zero-order valence-corrected chi connectivity index (χ0v) is 8.20. The lowest BCUT2D eigenvalue weighted by Crippen LogP contribution is -2.20. The number of ether oxygens (including phenoxy) is 1. The Morgan fingerprint density at radius 1 is 1.43 bits per heavy atom. The number of hydrogen-bond donors (Lipinski definition) is 0. The highest BCUT2D eigenvalue weighted by Gasteiger charge is 2.10. The van der Waals surface area contributed by atoms with Gasteiger partial charge in [0.15, 0.2) is 0 Å². The molecule has 0 heterocycles. The van der Waals surface area contributed by atoms with Crippen molar-refractivity contribution in [1.29, 1.82) is 0 Å². The molecule has 0 aliphatic carbocycles. The Labute approximate surface area is 82.7 Å². The predicted molar refractivity (Wildman–Crippen MR) is 53.7 cm³/mol. The van der Waals surface area contributed by atoms with E-state index >= 15 is 0 Å². The van der Waals surface area contributed by atoms with E-state index < -0.39 is 0 Å². The van der Waals surface area contributed by atoms with Gasteiger partial charge in [0.05, 0.1) is 12.1 Å². The number of nitrogens with zero attached hydrogens (tertiary/aromatic N) is 3. The summed E-state index contributed by atoms with van der Waals surface area (Å²) >= 11 is 0. The lowest BCUT2D eigenvalue weighted by atomic mass is 10.2. The molecule has 0 spiro atoms. The molecule has 0 saturated carbocycles. The van der Waals surface area contributed by atoms with Crippen molar-refractivity contribution in [3.05, 3.63) is 34.7 Å². The maximum atomic E-state index is 9.94. The number of allylic oxidation sites excluding steroid dienone is 3. The quantitative estimate of drug-likeness (QED) is 0.162. The molecule has 2 atom stereocenters. The maximum absolute atomic E-state index is 9.94. The first kappa shape index (κ1) is 12.4. The van der Waals surface area contributed by atoms with Crippen LogP contribution in [0.2, 0.25) is 0 Å². The minimum Gasteiger partial charge on any atom is -0.377 e. The van der Waals surface area contributed by atoms with Gasteiger partial charge in [-0.2, -0.15) is 0 Å². The highest BCUT2D eigenvalue weighted by molar-refractivity contribution is 5.65. The molecule has 5 nitrogen and oxygen atoms in total. The van der Waals surface area contributed by atoms with Gasteiger partial charge in [-0.1, -0.05) is 30.3 Å². The van der Waals surface area contributed by atoms with Crippen molar-refractivity contribution < 1.29 is 9.53 Å². The smallest absolute Gasteiger partial charge is 0.142 e.